The first-order valence-corrected chi connectivity index (χ1v) is 7.09. The second-order valence-corrected chi connectivity index (χ2v) is 5.45. The molecule has 4 heteroatoms. The molecule has 0 bridgehead atoms. The van der Waals surface area contributed by atoms with Gasteiger partial charge in [0.2, 0.25) is 0 Å². The molecule has 0 spiro atoms. The van der Waals surface area contributed by atoms with E-state index in [2.05, 4.69) is 20.8 Å². The van der Waals surface area contributed by atoms with Crippen LogP contribution in [0.2, 0.25) is 0 Å². The number of methoxy groups -OCH3 is 1. The summed E-state index contributed by atoms with van der Waals surface area (Å²) >= 11 is 3.54. The Morgan fingerprint density at radius 2 is 2.06 bits per heavy atom. The Hall–Kier alpha value is -0.870. The number of esters is 1. The van der Waals surface area contributed by atoms with Crippen molar-refractivity contribution in [3.05, 3.63) is 33.8 Å². The van der Waals surface area contributed by atoms with Gasteiger partial charge in [0.1, 0.15) is 0 Å². The fourth-order valence-electron chi connectivity index (χ4n) is 2.36. The number of benzene rings is 1. The average molecular weight is 312 g/mol. The molecule has 1 saturated heterocycles. The molecule has 0 unspecified atom stereocenters. The van der Waals surface area contributed by atoms with Crippen LogP contribution in [0.5, 0.6) is 0 Å². The van der Waals surface area contributed by atoms with E-state index >= 15 is 0 Å². The molecular weight excluding hydrogens is 294 g/mol. The highest BCUT2D eigenvalue weighted by molar-refractivity contribution is 9.10. The van der Waals surface area contributed by atoms with E-state index in [1.165, 1.54) is 26.4 Å². The van der Waals surface area contributed by atoms with Crippen LogP contribution in [-0.2, 0) is 11.3 Å². The smallest absolute Gasteiger partial charge is 0.338 e. The molecule has 1 heterocycles. The summed E-state index contributed by atoms with van der Waals surface area (Å²) < 4.78 is 5.83. The topological polar surface area (TPSA) is 29.5 Å². The monoisotopic (exact) mass is 311 g/mol. The fraction of sp³-hybridized carbons (Fsp3) is 0.500. The summed E-state index contributed by atoms with van der Waals surface area (Å²) in [5, 5.41) is 0. The van der Waals surface area contributed by atoms with Crippen molar-refractivity contribution in [1.82, 2.24) is 4.90 Å². The Balaban J connectivity index is 2.21. The molecule has 98 valence electrons. The molecule has 18 heavy (non-hydrogen) atoms. The molecule has 0 saturated carbocycles. The molecule has 0 N–H and O–H groups in total. The lowest BCUT2D eigenvalue weighted by Crippen LogP contribution is -2.30. The lowest BCUT2D eigenvalue weighted by molar-refractivity contribution is 0.0598. The molecule has 3 nitrogen and oxygen atoms in total. The number of hydrogen-bond donors (Lipinski definition) is 0. The van der Waals surface area contributed by atoms with Crippen LogP contribution >= 0.6 is 15.9 Å². The van der Waals surface area contributed by atoms with Crippen molar-refractivity contribution in [2.45, 2.75) is 25.8 Å². The predicted molar refractivity (Wildman–Crippen MR) is 74.6 cm³/mol. The number of nitrogens with zero attached hydrogens (tertiary/aromatic N) is 1. The number of likely N-dealkylation sites (tertiary alicyclic amines) is 1. The molecular formula is C14H18BrNO2. The minimum atomic E-state index is -0.261. The van der Waals surface area contributed by atoms with Gasteiger partial charge in [-0.2, -0.15) is 0 Å². The summed E-state index contributed by atoms with van der Waals surface area (Å²) in [7, 11) is 1.42. The van der Waals surface area contributed by atoms with E-state index in [1.54, 1.807) is 0 Å². The van der Waals surface area contributed by atoms with Crippen LogP contribution in [-0.4, -0.2) is 31.1 Å². The zero-order chi connectivity index (χ0) is 13.0. The van der Waals surface area contributed by atoms with Gasteiger partial charge < -0.3 is 4.74 Å². The number of halogens is 1. The summed E-state index contributed by atoms with van der Waals surface area (Å²) in [5.41, 5.74) is 1.70. The van der Waals surface area contributed by atoms with Crippen LogP contribution in [0.3, 0.4) is 0 Å². The third-order valence-corrected chi connectivity index (χ3v) is 4.10. The predicted octanol–water partition coefficient (Wildman–Crippen LogP) is 3.22. The van der Waals surface area contributed by atoms with Gasteiger partial charge in [0.05, 0.1) is 12.7 Å². The fourth-order valence-corrected chi connectivity index (χ4v) is 2.85. The molecule has 0 aliphatic carbocycles. The molecule has 0 aromatic heterocycles. The van der Waals surface area contributed by atoms with Crippen LogP contribution < -0.4 is 0 Å². The first-order chi connectivity index (χ1) is 8.72. The SMILES string of the molecule is COC(=O)c1cccc(Br)c1CN1CCCCC1. The minimum Gasteiger partial charge on any atom is -0.465 e. The van der Waals surface area contributed by atoms with Crippen molar-refractivity contribution in [3.8, 4) is 0 Å². The summed E-state index contributed by atoms with van der Waals surface area (Å²) in [6, 6.07) is 5.68. The highest BCUT2D eigenvalue weighted by Gasteiger charge is 2.18. The molecule has 2 rings (SSSR count). The third kappa shape index (κ3) is 3.12. The number of carbonyl (C=O) groups excluding carboxylic acids is 1. The standard InChI is InChI=1S/C14H18BrNO2/c1-18-14(17)11-6-5-7-13(15)12(11)10-16-8-3-2-4-9-16/h5-7H,2-4,8-10H2,1H3. The normalized spacial score (nSPS) is 16.6. The second kappa shape index (κ2) is 6.34. The Morgan fingerprint density at radius 3 is 2.72 bits per heavy atom. The van der Waals surface area contributed by atoms with E-state index in [4.69, 9.17) is 4.74 Å². The zero-order valence-electron chi connectivity index (χ0n) is 10.6. The van der Waals surface area contributed by atoms with Gasteiger partial charge in [0, 0.05) is 11.0 Å². The van der Waals surface area contributed by atoms with Crippen LogP contribution in [0, 0.1) is 0 Å². The largest absolute Gasteiger partial charge is 0.465 e. The van der Waals surface area contributed by atoms with Gasteiger partial charge in [0.25, 0.3) is 0 Å². The number of piperidine rings is 1. The molecule has 0 radical (unpaired) electrons. The van der Waals surface area contributed by atoms with Crippen LogP contribution in [0.4, 0.5) is 0 Å². The lowest BCUT2D eigenvalue weighted by atomic mass is 10.1. The van der Waals surface area contributed by atoms with Gasteiger partial charge in [-0.1, -0.05) is 28.4 Å². The van der Waals surface area contributed by atoms with E-state index in [9.17, 15) is 4.79 Å². The van der Waals surface area contributed by atoms with E-state index in [0.29, 0.717) is 5.56 Å². The maximum Gasteiger partial charge on any atom is 0.338 e. The quantitative estimate of drug-likeness (QED) is 0.803. The van der Waals surface area contributed by atoms with Gasteiger partial charge in [-0.3, -0.25) is 4.90 Å². The lowest BCUT2D eigenvalue weighted by Gasteiger charge is -2.27. The van der Waals surface area contributed by atoms with Gasteiger partial charge >= 0.3 is 5.97 Å². The van der Waals surface area contributed by atoms with Crippen molar-refractivity contribution in [1.29, 1.82) is 0 Å². The molecule has 0 atom stereocenters. The van der Waals surface area contributed by atoms with Crippen LogP contribution in [0.15, 0.2) is 22.7 Å². The van der Waals surface area contributed by atoms with E-state index in [0.717, 1.165) is 29.7 Å². The van der Waals surface area contributed by atoms with Gasteiger partial charge in [-0.15, -0.1) is 0 Å². The number of hydrogen-bond acceptors (Lipinski definition) is 3. The molecule has 0 amide bonds. The minimum absolute atomic E-state index is 0.261. The Labute approximate surface area is 116 Å². The maximum absolute atomic E-state index is 11.8. The first kappa shape index (κ1) is 13.6. The van der Waals surface area contributed by atoms with Crippen molar-refractivity contribution < 1.29 is 9.53 Å². The van der Waals surface area contributed by atoms with Gasteiger partial charge in [-0.05, 0) is 43.6 Å². The number of ether oxygens (including phenoxy) is 1. The summed E-state index contributed by atoms with van der Waals surface area (Å²) in [4.78, 5) is 14.2. The van der Waals surface area contributed by atoms with Crippen LogP contribution in [0.25, 0.3) is 0 Å². The summed E-state index contributed by atoms with van der Waals surface area (Å²) in [5.74, 6) is -0.261. The van der Waals surface area contributed by atoms with Crippen molar-refractivity contribution in [2.75, 3.05) is 20.2 Å². The molecule has 1 fully saturated rings. The van der Waals surface area contributed by atoms with Crippen molar-refractivity contribution in [3.63, 3.8) is 0 Å². The third-order valence-electron chi connectivity index (χ3n) is 3.35. The average Bonchev–Trinajstić information content (AvgIpc) is 2.41. The Kier molecular flexibility index (Phi) is 4.78. The van der Waals surface area contributed by atoms with Crippen molar-refractivity contribution >= 4 is 21.9 Å². The van der Waals surface area contributed by atoms with E-state index in [-0.39, 0.29) is 5.97 Å². The van der Waals surface area contributed by atoms with E-state index < -0.39 is 0 Å². The summed E-state index contributed by atoms with van der Waals surface area (Å²) in [6.07, 6.45) is 3.81. The maximum atomic E-state index is 11.8. The Bertz CT molecular complexity index is 428. The molecule has 1 aromatic rings. The van der Waals surface area contributed by atoms with Gasteiger partial charge in [0.15, 0.2) is 0 Å². The Morgan fingerprint density at radius 1 is 1.33 bits per heavy atom. The zero-order valence-corrected chi connectivity index (χ0v) is 12.2. The number of rotatable bonds is 3. The van der Waals surface area contributed by atoms with Crippen LogP contribution in [0.1, 0.15) is 35.2 Å². The molecule has 1 aliphatic rings. The van der Waals surface area contributed by atoms with Gasteiger partial charge in [-0.25, -0.2) is 4.79 Å². The first-order valence-electron chi connectivity index (χ1n) is 6.30. The van der Waals surface area contributed by atoms with Crippen molar-refractivity contribution in [2.24, 2.45) is 0 Å². The highest BCUT2D eigenvalue weighted by atomic mass is 79.9. The molecule has 1 aliphatic heterocycles. The highest BCUT2D eigenvalue weighted by Crippen LogP contribution is 2.24. The summed E-state index contributed by atoms with van der Waals surface area (Å²) in [6.45, 7) is 3.04. The van der Waals surface area contributed by atoms with E-state index in [1.807, 2.05) is 18.2 Å². The second-order valence-electron chi connectivity index (χ2n) is 4.59. The molecule has 1 aromatic carbocycles. The number of carbonyl (C=O) groups is 1.